The number of nitrogens with zero attached hydrogens (tertiary/aromatic N) is 2. The predicted octanol–water partition coefficient (Wildman–Crippen LogP) is 2.89. The first-order valence-corrected chi connectivity index (χ1v) is 9.15. The lowest BCUT2D eigenvalue weighted by Crippen LogP contribution is -2.44. The highest BCUT2D eigenvalue weighted by molar-refractivity contribution is 6.30. The number of hydrogen-bond acceptors (Lipinski definition) is 3. The van der Waals surface area contributed by atoms with Crippen LogP contribution in [0, 0.1) is 0 Å². The molecule has 0 radical (unpaired) electrons. The summed E-state index contributed by atoms with van der Waals surface area (Å²) >= 11 is 6.05. The van der Waals surface area contributed by atoms with Gasteiger partial charge in [-0.3, -0.25) is 9.89 Å². The Labute approximate surface area is 150 Å². The number of benzene rings is 1. The highest BCUT2D eigenvalue weighted by atomic mass is 35.5. The Bertz CT molecular complexity index is 550. The molecule has 1 heterocycles. The number of likely N-dealkylation sites (tertiary alicyclic amines) is 1. The SMILES string of the molecule is CCOc1cc(Cl)ccc1CNC(=NC)NCC1CCCN1CC. The van der Waals surface area contributed by atoms with E-state index in [1.165, 1.54) is 19.4 Å². The van der Waals surface area contributed by atoms with E-state index in [0.29, 0.717) is 24.2 Å². The Kier molecular flexibility index (Phi) is 7.66. The number of halogens is 1. The molecule has 1 saturated heterocycles. The molecule has 134 valence electrons. The van der Waals surface area contributed by atoms with E-state index in [9.17, 15) is 0 Å². The van der Waals surface area contributed by atoms with Crippen LogP contribution in [-0.4, -0.2) is 50.2 Å². The van der Waals surface area contributed by atoms with Gasteiger partial charge in [-0.15, -0.1) is 0 Å². The lowest BCUT2D eigenvalue weighted by atomic mass is 10.2. The lowest BCUT2D eigenvalue weighted by molar-refractivity contribution is 0.267. The first-order valence-electron chi connectivity index (χ1n) is 8.77. The van der Waals surface area contributed by atoms with Crippen LogP contribution in [0.5, 0.6) is 5.75 Å². The molecule has 1 aromatic rings. The van der Waals surface area contributed by atoms with Crippen molar-refractivity contribution in [2.75, 3.05) is 33.3 Å². The minimum Gasteiger partial charge on any atom is -0.493 e. The van der Waals surface area contributed by atoms with E-state index in [0.717, 1.165) is 30.4 Å². The Hall–Kier alpha value is -1.46. The Balaban J connectivity index is 1.87. The van der Waals surface area contributed by atoms with Crippen molar-refractivity contribution >= 4 is 17.6 Å². The second-order valence-corrected chi connectivity index (χ2v) is 6.35. The maximum absolute atomic E-state index is 6.05. The quantitative estimate of drug-likeness (QED) is 0.585. The molecule has 0 saturated carbocycles. The maximum Gasteiger partial charge on any atom is 0.191 e. The predicted molar refractivity (Wildman–Crippen MR) is 101 cm³/mol. The van der Waals surface area contributed by atoms with Gasteiger partial charge in [-0.25, -0.2) is 0 Å². The van der Waals surface area contributed by atoms with E-state index < -0.39 is 0 Å². The summed E-state index contributed by atoms with van der Waals surface area (Å²) in [5.74, 6) is 1.64. The fourth-order valence-corrected chi connectivity index (χ4v) is 3.28. The van der Waals surface area contributed by atoms with Gasteiger partial charge in [0.2, 0.25) is 0 Å². The standard InChI is InChI=1S/C18H29ClN4O/c1-4-23-10-6-7-16(23)13-22-18(20-3)21-12-14-8-9-15(19)11-17(14)24-5-2/h8-9,11,16H,4-7,10,12-13H2,1-3H3,(H2,20,21,22). The van der Waals surface area contributed by atoms with Gasteiger partial charge in [-0.05, 0) is 45.0 Å². The number of hydrogen-bond donors (Lipinski definition) is 2. The van der Waals surface area contributed by atoms with Crippen LogP contribution < -0.4 is 15.4 Å². The molecule has 2 rings (SSSR count). The third-order valence-electron chi connectivity index (χ3n) is 4.41. The second-order valence-electron chi connectivity index (χ2n) is 5.92. The zero-order chi connectivity index (χ0) is 17.4. The molecule has 0 bridgehead atoms. The van der Waals surface area contributed by atoms with Crippen LogP contribution in [0.3, 0.4) is 0 Å². The zero-order valence-electron chi connectivity index (χ0n) is 14.9. The Morgan fingerprint density at radius 3 is 2.92 bits per heavy atom. The van der Waals surface area contributed by atoms with E-state index in [2.05, 4.69) is 27.4 Å². The molecule has 1 unspecified atom stereocenters. The van der Waals surface area contributed by atoms with E-state index in [1.807, 2.05) is 25.1 Å². The summed E-state index contributed by atoms with van der Waals surface area (Å²) < 4.78 is 5.66. The summed E-state index contributed by atoms with van der Waals surface area (Å²) in [6, 6.07) is 6.33. The fourth-order valence-electron chi connectivity index (χ4n) is 3.12. The van der Waals surface area contributed by atoms with Crippen molar-refractivity contribution in [3.8, 4) is 5.75 Å². The molecule has 0 aromatic heterocycles. The van der Waals surface area contributed by atoms with Crippen molar-refractivity contribution in [1.82, 2.24) is 15.5 Å². The molecule has 6 heteroatoms. The number of nitrogens with one attached hydrogen (secondary N) is 2. The van der Waals surface area contributed by atoms with Crippen LogP contribution in [0.25, 0.3) is 0 Å². The summed E-state index contributed by atoms with van der Waals surface area (Å²) in [4.78, 5) is 6.84. The summed E-state index contributed by atoms with van der Waals surface area (Å²) in [5, 5.41) is 7.48. The second kappa shape index (κ2) is 9.74. The highest BCUT2D eigenvalue weighted by Gasteiger charge is 2.22. The Morgan fingerprint density at radius 2 is 2.21 bits per heavy atom. The molecule has 5 nitrogen and oxygen atoms in total. The van der Waals surface area contributed by atoms with Crippen molar-refractivity contribution in [2.45, 2.75) is 39.3 Å². The molecule has 1 aliphatic heterocycles. The van der Waals surface area contributed by atoms with Gasteiger partial charge in [0.25, 0.3) is 0 Å². The van der Waals surface area contributed by atoms with Crippen LogP contribution in [0.1, 0.15) is 32.3 Å². The van der Waals surface area contributed by atoms with Crippen LogP contribution in [0.2, 0.25) is 5.02 Å². The molecular weight excluding hydrogens is 324 g/mol. The Morgan fingerprint density at radius 1 is 1.38 bits per heavy atom. The molecule has 24 heavy (non-hydrogen) atoms. The van der Waals surface area contributed by atoms with Crippen molar-refractivity contribution < 1.29 is 4.74 Å². The van der Waals surface area contributed by atoms with Gasteiger partial charge in [-0.2, -0.15) is 0 Å². The topological polar surface area (TPSA) is 48.9 Å². The molecule has 0 amide bonds. The largest absolute Gasteiger partial charge is 0.493 e. The van der Waals surface area contributed by atoms with Gasteiger partial charge in [0, 0.05) is 36.8 Å². The van der Waals surface area contributed by atoms with Crippen LogP contribution >= 0.6 is 11.6 Å². The van der Waals surface area contributed by atoms with Gasteiger partial charge >= 0.3 is 0 Å². The molecule has 0 spiro atoms. The molecule has 1 fully saturated rings. The monoisotopic (exact) mass is 352 g/mol. The smallest absolute Gasteiger partial charge is 0.191 e. The lowest BCUT2D eigenvalue weighted by Gasteiger charge is -2.24. The van der Waals surface area contributed by atoms with Gasteiger partial charge in [0.1, 0.15) is 5.75 Å². The molecule has 1 aromatic carbocycles. The number of likely N-dealkylation sites (N-methyl/N-ethyl adjacent to an activating group) is 1. The van der Waals surface area contributed by atoms with Crippen molar-refractivity contribution in [3.63, 3.8) is 0 Å². The zero-order valence-corrected chi connectivity index (χ0v) is 15.7. The summed E-state index contributed by atoms with van der Waals surface area (Å²) in [5.41, 5.74) is 1.07. The third kappa shape index (κ3) is 5.28. The molecule has 1 aliphatic rings. The van der Waals surface area contributed by atoms with Crippen LogP contribution in [0.4, 0.5) is 0 Å². The number of rotatable bonds is 7. The van der Waals surface area contributed by atoms with E-state index in [1.54, 1.807) is 7.05 Å². The van der Waals surface area contributed by atoms with Crippen molar-refractivity contribution in [3.05, 3.63) is 28.8 Å². The summed E-state index contributed by atoms with van der Waals surface area (Å²) in [6.45, 7) is 8.70. The molecule has 0 aliphatic carbocycles. The van der Waals surface area contributed by atoms with E-state index in [-0.39, 0.29) is 0 Å². The summed E-state index contributed by atoms with van der Waals surface area (Å²) in [6.07, 6.45) is 2.54. The maximum atomic E-state index is 6.05. The first-order chi connectivity index (χ1) is 11.7. The van der Waals surface area contributed by atoms with Crippen molar-refractivity contribution in [1.29, 1.82) is 0 Å². The molecule has 1 atom stereocenters. The fraction of sp³-hybridized carbons (Fsp3) is 0.611. The highest BCUT2D eigenvalue weighted by Crippen LogP contribution is 2.23. The van der Waals surface area contributed by atoms with Crippen molar-refractivity contribution in [2.24, 2.45) is 4.99 Å². The van der Waals surface area contributed by atoms with Crippen LogP contribution in [-0.2, 0) is 6.54 Å². The number of aliphatic imine (C=N–C) groups is 1. The number of ether oxygens (including phenoxy) is 1. The minimum absolute atomic E-state index is 0.600. The van der Waals surface area contributed by atoms with Gasteiger partial charge in [0.05, 0.1) is 6.61 Å². The van der Waals surface area contributed by atoms with E-state index >= 15 is 0 Å². The van der Waals surface area contributed by atoms with Gasteiger partial charge < -0.3 is 15.4 Å². The van der Waals surface area contributed by atoms with Gasteiger partial charge in [-0.1, -0.05) is 24.6 Å². The van der Waals surface area contributed by atoms with Crippen LogP contribution in [0.15, 0.2) is 23.2 Å². The first kappa shape index (κ1) is 18.9. The average molecular weight is 353 g/mol. The third-order valence-corrected chi connectivity index (χ3v) is 4.64. The average Bonchev–Trinajstić information content (AvgIpc) is 3.04. The summed E-state index contributed by atoms with van der Waals surface area (Å²) in [7, 11) is 1.80. The van der Waals surface area contributed by atoms with Gasteiger partial charge in [0.15, 0.2) is 5.96 Å². The molecule has 2 N–H and O–H groups in total. The minimum atomic E-state index is 0.600. The number of guanidine groups is 1. The van der Waals surface area contributed by atoms with E-state index in [4.69, 9.17) is 16.3 Å². The molecular formula is C18H29ClN4O. The normalized spacial score (nSPS) is 18.7.